The van der Waals surface area contributed by atoms with Crippen LogP contribution < -0.4 is 5.73 Å². The molecule has 0 aromatic heterocycles. The van der Waals surface area contributed by atoms with Gasteiger partial charge in [0.1, 0.15) is 5.84 Å². The molecule has 0 spiro atoms. The van der Waals surface area contributed by atoms with Crippen molar-refractivity contribution in [1.29, 1.82) is 0 Å². The summed E-state index contributed by atoms with van der Waals surface area (Å²) in [6.07, 6.45) is 2.69. The standard InChI is InChI=1S/C11H25N3O/c1-6-9(8-10(12)13-15)14(5)11(3,4)7-2/h9,15H,6-8H2,1-5H3,(H2,12,13). The van der Waals surface area contributed by atoms with E-state index in [0.29, 0.717) is 18.3 Å². The van der Waals surface area contributed by atoms with E-state index in [9.17, 15) is 0 Å². The van der Waals surface area contributed by atoms with Crippen molar-refractivity contribution in [3.8, 4) is 0 Å². The molecule has 4 heteroatoms. The summed E-state index contributed by atoms with van der Waals surface area (Å²) >= 11 is 0. The van der Waals surface area contributed by atoms with Gasteiger partial charge in [-0.05, 0) is 33.7 Å². The molecule has 0 aliphatic heterocycles. The van der Waals surface area contributed by atoms with Crippen LogP contribution in [0.15, 0.2) is 5.16 Å². The summed E-state index contributed by atoms with van der Waals surface area (Å²) in [7, 11) is 2.10. The third-order valence-corrected chi connectivity index (χ3v) is 3.41. The zero-order valence-electron chi connectivity index (χ0n) is 10.6. The van der Waals surface area contributed by atoms with Gasteiger partial charge in [-0.25, -0.2) is 0 Å². The van der Waals surface area contributed by atoms with Gasteiger partial charge in [-0.2, -0.15) is 0 Å². The summed E-state index contributed by atoms with van der Waals surface area (Å²) in [5.74, 6) is 0.306. The molecule has 0 bridgehead atoms. The van der Waals surface area contributed by atoms with Crippen LogP contribution in [-0.4, -0.2) is 34.6 Å². The van der Waals surface area contributed by atoms with Gasteiger partial charge in [0, 0.05) is 18.0 Å². The van der Waals surface area contributed by atoms with Crippen molar-refractivity contribution in [3.05, 3.63) is 0 Å². The minimum absolute atomic E-state index is 0.149. The summed E-state index contributed by atoms with van der Waals surface area (Å²) in [5, 5.41) is 11.6. The van der Waals surface area contributed by atoms with Crippen molar-refractivity contribution in [2.45, 2.75) is 58.5 Å². The lowest BCUT2D eigenvalue weighted by molar-refractivity contribution is 0.0970. The Bertz CT molecular complexity index is 214. The van der Waals surface area contributed by atoms with E-state index in [0.717, 1.165) is 12.8 Å². The van der Waals surface area contributed by atoms with E-state index in [2.05, 4.69) is 44.8 Å². The van der Waals surface area contributed by atoms with Gasteiger partial charge in [0.15, 0.2) is 0 Å². The molecule has 0 fully saturated rings. The van der Waals surface area contributed by atoms with Crippen LogP contribution in [0.25, 0.3) is 0 Å². The average Bonchev–Trinajstić information content (AvgIpc) is 2.24. The first-order chi connectivity index (χ1) is 6.88. The predicted octanol–water partition coefficient (Wildman–Crippen LogP) is 2.02. The molecule has 0 aromatic carbocycles. The van der Waals surface area contributed by atoms with Crippen molar-refractivity contribution in [1.82, 2.24) is 4.90 Å². The fourth-order valence-electron chi connectivity index (χ4n) is 1.58. The largest absolute Gasteiger partial charge is 0.409 e. The Kier molecular flexibility index (Phi) is 5.65. The summed E-state index contributed by atoms with van der Waals surface area (Å²) in [6, 6.07) is 0.329. The highest BCUT2D eigenvalue weighted by molar-refractivity contribution is 5.80. The van der Waals surface area contributed by atoms with Crippen molar-refractivity contribution in [2.75, 3.05) is 7.05 Å². The molecule has 0 radical (unpaired) electrons. The van der Waals surface area contributed by atoms with Crippen LogP contribution in [0, 0.1) is 0 Å². The number of nitrogens with two attached hydrogens (primary N) is 1. The first-order valence-electron chi connectivity index (χ1n) is 5.58. The highest BCUT2D eigenvalue weighted by Gasteiger charge is 2.27. The molecule has 0 saturated heterocycles. The summed E-state index contributed by atoms with van der Waals surface area (Å²) in [6.45, 7) is 8.72. The zero-order valence-corrected chi connectivity index (χ0v) is 10.6. The van der Waals surface area contributed by atoms with Gasteiger partial charge in [0.2, 0.25) is 0 Å². The second kappa shape index (κ2) is 5.95. The van der Waals surface area contributed by atoms with Crippen molar-refractivity contribution >= 4 is 5.84 Å². The Balaban J connectivity index is 4.54. The molecule has 0 saturated carbocycles. The van der Waals surface area contributed by atoms with Gasteiger partial charge in [-0.3, -0.25) is 4.90 Å². The molecular weight excluding hydrogens is 190 g/mol. The van der Waals surface area contributed by atoms with Crippen molar-refractivity contribution in [3.63, 3.8) is 0 Å². The van der Waals surface area contributed by atoms with E-state index in [-0.39, 0.29) is 5.54 Å². The summed E-state index contributed by atoms with van der Waals surface area (Å²) < 4.78 is 0. The molecular formula is C11H25N3O. The molecule has 0 aliphatic carbocycles. The van der Waals surface area contributed by atoms with E-state index in [1.807, 2.05) is 0 Å². The van der Waals surface area contributed by atoms with Gasteiger partial charge in [-0.15, -0.1) is 0 Å². The highest BCUT2D eigenvalue weighted by Crippen LogP contribution is 2.22. The van der Waals surface area contributed by atoms with Crippen molar-refractivity contribution in [2.24, 2.45) is 10.9 Å². The zero-order chi connectivity index (χ0) is 12.1. The second-order valence-electron chi connectivity index (χ2n) is 4.63. The maximum absolute atomic E-state index is 8.57. The second-order valence-corrected chi connectivity index (χ2v) is 4.63. The van der Waals surface area contributed by atoms with Crippen LogP contribution in [0.5, 0.6) is 0 Å². The molecule has 15 heavy (non-hydrogen) atoms. The molecule has 0 rings (SSSR count). The maximum atomic E-state index is 8.57. The first-order valence-corrected chi connectivity index (χ1v) is 5.58. The monoisotopic (exact) mass is 215 g/mol. The number of amidine groups is 1. The number of nitrogens with zero attached hydrogens (tertiary/aromatic N) is 2. The lowest BCUT2D eigenvalue weighted by Gasteiger charge is -2.40. The van der Waals surface area contributed by atoms with Crippen LogP contribution in [-0.2, 0) is 0 Å². The van der Waals surface area contributed by atoms with Crippen LogP contribution in [0.4, 0.5) is 0 Å². The fourth-order valence-corrected chi connectivity index (χ4v) is 1.58. The van der Waals surface area contributed by atoms with E-state index in [1.54, 1.807) is 0 Å². The first kappa shape index (κ1) is 14.2. The third kappa shape index (κ3) is 4.08. The van der Waals surface area contributed by atoms with E-state index >= 15 is 0 Å². The Morgan fingerprint density at radius 3 is 2.33 bits per heavy atom. The Labute approximate surface area is 93.1 Å². The lowest BCUT2D eigenvalue weighted by atomic mass is 9.95. The number of rotatable bonds is 6. The molecule has 0 aliphatic rings. The fraction of sp³-hybridized carbons (Fsp3) is 0.909. The molecule has 3 N–H and O–H groups in total. The molecule has 1 atom stereocenters. The number of hydrogen-bond donors (Lipinski definition) is 2. The van der Waals surface area contributed by atoms with Crippen LogP contribution in [0.1, 0.15) is 47.0 Å². The average molecular weight is 215 g/mol. The van der Waals surface area contributed by atoms with Gasteiger partial charge in [-0.1, -0.05) is 19.0 Å². The Morgan fingerprint density at radius 1 is 1.47 bits per heavy atom. The van der Waals surface area contributed by atoms with Gasteiger partial charge in [0.05, 0.1) is 0 Å². The Morgan fingerprint density at radius 2 is 2.00 bits per heavy atom. The van der Waals surface area contributed by atoms with Gasteiger partial charge < -0.3 is 10.9 Å². The minimum Gasteiger partial charge on any atom is -0.409 e. The topological polar surface area (TPSA) is 61.9 Å². The van der Waals surface area contributed by atoms with Crippen LogP contribution in [0.2, 0.25) is 0 Å². The summed E-state index contributed by atoms with van der Waals surface area (Å²) in [5.41, 5.74) is 5.69. The molecule has 1 unspecified atom stereocenters. The molecule has 0 amide bonds. The Hall–Kier alpha value is -0.770. The van der Waals surface area contributed by atoms with Crippen LogP contribution in [0.3, 0.4) is 0 Å². The maximum Gasteiger partial charge on any atom is 0.140 e. The predicted molar refractivity (Wildman–Crippen MR) is 64.2 cm³/mol. The van der Waals surface area contributed by atoms with E-state index < -0.39 is 0 Å². The number of oxime groups is 1. The van der Waals surface area contributed by atoms with E-state index in [1.165, 1.54) is 0 Å². The SMILES string of the molecule is CCC(CC(N)=NO)N(C)C(C)(C)CC. The van der Waals surface area contributed by atoms with Crippen LogP contribution >= 0.6 is 0 Å². The normalized spacial score (nSPS) is 15.7. The van der Waals surface area contributed by atoms with Gasteiger partial charge >= 0.3 is 0 Å². The summed E-state index contributed by atoms with van der Waals surface area (Å²) in [4.78, 5) is 2.31. The van der Waals surface area contributed by atoms with Crippen molar-refractivity contribution < 1.29 is 5.21 Å². The molecule has 4 nitrogen and oxygen atoms in total. The number of hydrogen-bond acceptors (Lipinski definition) is 3. The smallest absolute Gasteiger partial charge is 0.140 e. The third-order valence-electron chi connectivity index (χ3n) is 3.41. The van der Waals surface area contributed by atoms with Gasteiger partial charge in [0.25, 0.3) is 0 Å². The quantitative estimate of drug-likeness (QED) is 0.308. The highest BCUT2D eigenvalue weighted by atomic mass is 16.4. The molecule has 0 aromatic rings. The molecule has 0 heterocycles. The lowest BCUT2D eigenvalue weighted by Crippen LogP contribution is -2.48. The molecule has 90 valence electrons. The minimum atomic E-state index is 0.149. The van der Waals surface area contributed by atoms with E-state index in [4.69, 9.17) is 10.9 Å².